The Morgan fingerprint density at radius 1 is 1.25 bits per heavy atom. The number of alkyl halides is 2. The number of carbonyl (C=O) groups is 1. The van der Waals surface area contributed by atoms with Gasteiger partial charge in [-0.15, -0.1) is 11.8 Å². The number of rotatable bonds is 8. The molecule has 0 aliphatic carbocycles. The zero-order valence-electron chi connectivity index (χ0n) is 14.8. The maximum Gasteiger partial charge on any atom is 0.338 e. The van der Waals surface area contributed by atoms with Gasteiger partial charge in [0.25, 0.3) is 5.92 Å². The number of carboxylic acid groups (broad SMARTS) is 1. The van der Waals surface area contributed by atoms with Crippen LogP contribution in [0.5, 0.6) is 0 Å². The fourth-order valence-corrected chi connectivity index (χ4v) is 3.98. The summed E-state index contributed by atoms with van der Waals surface area (Å²) in [5.41, 5.74) is -0.203. The number of halogens is 3. The van der Waals surface area contributed by atoms with Crippen LogP contribution in [0.4, 0.5) is 13.2 Å². The fourth-order valence-electron chi connectivity index (χ4n) is 2.80. The monoisotopic (exact) mass is 409 g/mol. The highest BCUT2D eigenvalue weighted by atomic mass is 32.2. The molecule has 0 radical (unpaired) electrons. The minimum Gasteiger partial charge on any atom is -0.478 e. The van der Waals surface area contributed by atoms with Crippen molar-refractivity contribution in [2.75, 3.05) is 12.3 Å². The summed E-state index contributed by atoms with van der Waals surface area (Å²) in [4.78, 5) is 13.4. The highest BCUT2D eigenvalue weighted by molar-refractivity contribution is 8.03. The Hall–Kier alpha value is -2.61. The van der Waals surface area contributed by atoms with E-state index in [9.17, 15) is 23.1 Å². The van der Waals surface area contributed by atoms with Crippen molar-refractivity contribution >= 4 is 17.7 Å². The van der Waals surface area contributed by atoms with Gasteiger partial charge in [0.2, 0.25) is 0 Å². The molecule has 0 unspecified atom stereocenters. The number of nitrogens with zero attached hydrogens (tertiary/aromatic N) is 1. The molecule has 28 heavy (non-hydrogen) atoms. The van der Waals surface area contributed by atoms with E-state index in [0.29, 0.717) is 23.9 Å². The van der Waals surface area contributed by atoms with Crippen LogP contribution >= 0.6 is 11.8 Å². The Morgan fingerprint density at radius 3 is 2.64 bits per heavy atom. The Labute approximate surface area is 164 Å². The molecule has 148 valence electrons. The molecule has 0 bridgehead atoms. The molecule has 0 saturated carbocycles. The smallest absolute Gasteiger partial charge is 0.338 e. The van der Waals surface area contributed by atoms with Crippen molar-refractivity contribution in [1.29, 1.82) is 0 Å². The third-order valence-corrected chi connectivity index (χ3v) is 5.37. The second-order valence-electron chi connectivity index (χ2n) is 6.20. The second-order valence-corrected chi connectivity index (χ2v) is 7.28. The van der Waals surface area contributed by atoms with Crippen LogP contribution in [0, 0.1) is 5.82 Å². The minimum atomic E-state index is -3.14. The topological polar surface area (TPSA) is 53.7 Å². The van der Waals surface area contributed by atoms with E-state index in [2.05, 4.69) is 0 Å². The van der Waals surface area contributed by atoms with Crippen LogP contribution in [0.25, 0.3) is 0 Å². The molecule has 1 aliphatic heterocycles. The van der Waals surface area contributed by atoms with Gasteiger partial charge in [0.1, 0.15) is 11.6 Å². The van der Waals surface area contributed by atoms with Crippen LogP contribution < -0.4 is 0 Å². The van der Waals surface area contributed by atoms with E-state index in [1.807, 2.05) is 0 Å². The molecule has 1 N–H and O–H groups in total. The number of carboxylic acids is 1. The van der Waals surface area contributed by atoms with Gasteiger partial charge in [-0.1, -0.05) is 18.2 Å². The molecule has 1 aliphatic rings. The predicted molar refractivity (Wildman–Crippen MR) is 100 cm³/mol. The van der Waals surface area contributed by atoms with Gasteiger partial charge in [0.15, 0.2) is 0 Å². The lowest BCUT2D eigenvalue weighted by Gasteiger charge is -2.29. The average Bonchev–Trinajstić information content (AvgIpc) is 3.16. The van der Waals surface area contributed by atoms with E-state index < -0.39 is 24.1 Å². The summed E-state index contributed by atoms with van der Waals surface area (Å²) in [6.07, 6.45) is 4.22. The van der Waals surface area contributed by atoms with Crippen LogP contribution in [0.3, 0.4) is 0 Å². The number of aliphatic carboxylic acids is 1. The third-order valence-electron chi connectivity index (χ3n) is 4.21. The molecule has 0 spiro atoms. The van der Waals surface area contributed by atoms with E-state index in [1.165, 1.54) is 12.3 Å². The molecule has 2 heterocycles. The molecule has 1 aromatic heterocycles. The summed E-state index contributed by atoms with van der Waals surface area (Å²) in [6.45, 7) is 0.791. The van der Waals surface area contributed by atoms with Crippen LogP contribution in [-0.4, -0.2) is 28.3 Å². The summed E-state index contributed by atoms with van der Waals surface area (Å²) < 4.78 is 47.0. The van der Waals surface area contributed by atoms with E-state index in [1.54, 1.807) is 23.1 Å². The molecule has 0 saturated heterocycles. The van der Waals surface area contributed by atoms with E-state index in [0.717, 1.165) is 36.0 Å². The molecule has 0 atom stereocenters. The van der Waals surface area contributed by atoms with Gasteiger partial charge in [0.05, 0.1) is 23.4 Å². The van der Waals surface area contributed by atoms with Crippen LogP contribution in [0.2, 0.25) is 0 Å². The van der Waals surface area contributed by atoms with E-state index in [4.69, 9.17) is 4.42 Å². The highest BCUT2D eigenvalue weighted by Gasteiger charge is 2.32. The Balaban J connectivity index is 1.71. The molecule has 0 fully saturated rings. The van der Waals surface area contributed by atoms with Gasteiger partial charge in [-0.25, -0.2) is 18.0 Å². The normalized spacial score (nSPS) is 14.6. The lowest BCUT2D eigenvalue weighted by Crippen LogP contribution is -2.27. The maximum atomic E-state index is 14.4. The van der Waals surface area contributed by atoms with Crippen molar-refractivity contribution in [3.63, 3.8) is 0 Å². The summed E-state index contributed by atoms with van der Waals surface area (Å²) in [5.74, 6) is -4.18. The van der Waals surface area contributed by atoms with Gasteiger partial charge in [-0.05, 0) is 30.3 Å². The van der Waals surface area contributed by atoms with Crippen LogP contribution in [-0.2, 0) is 17.3 Å². The van der Waals surface area contributed by atoms with E-state index >= 15 is 0 Å². The molecule has 4 nitrogen and oxygen atoms in total. The summed E-state index contributed by atoms with van der Waals surface area (Å²) >= 11 is 1.07. The second kappa shape index (κ2) is 8.60. The molecular weight excluding hydrogens is 391 g/mol. The van der Waals surface area contributed by atoms with Crippen LogP contribution in [0.1, 0.15) is 17.7 Å². The Morgan fingerprint density at radius 2 is 2.00 bits per heavy atom. The predicted octanol–water partition coefficient (Wildman–Crippen LogP) is 5.00. The number of benzene rings is 1. The van der Waals surface area contributed by atoms with Gasteiger partial charge in [-0.3, -0.25) is 0 Å². The van der Waals surface area contributed by atoms with Gasteiger partial charge >= 0.3 is 5.97 Å². The number of hydrogen-bond acceptors (Lipinski definition) is 4. The first-order chi connectivity index (χ1) is 13.4. The van der Waals surface area contributed by atoms with Crippen molar-refractivity contribution < 1.29 is 27.5 Å². The number of hydrogen-bond donors (Lipinski definition) is 1. The lowest BCUT2D eigenvalue weighted by molar-refractivity contribution is -0.132. The molecule has 1 aromatic carbocycles. The average molecular weight is 409 g/mol. The molecular formula is C20H18F3NO3S. The van der Waals surface area contributed by atoms with Crippen LogP contribution in [0.15, 0.2) is 69.8 Å². The minimum absolute atomic E-state index is 0.00101. The molecule has 0 amide bonds. The van der Waals surface area contributed by atoms with Gasteiger partial charge in [0, 0.05) is 24.3 Å². The Bertz CT molecular complexity index is 877. The van der Waals surface area contributed by atoms with Crippen molar-refractivity contribution in [1.82, 2.24) is 4.90 Å². The molecule has 3 rings (SSSR count). The fraction of sp³-hybridized carbons (Fsp3) is 0.250. The highest BCUT2D eigenvalue weighted by Crippen LogP contribution is 2.36. The summed E-state index contributed by atoms with van der Waals surface area (Å²) in [6, 6.07) is 7.62. The Kier molecular flexibility index (Phi) is 6.18. The zero-order valence-corrected chi connectivity index (χ0v) is 15.6. The SMILES string of the molecule is O=C(O)C1=C(SCCC(F)(F)c2ccc(F)cc2)N(Cc2ccco2)CC=C1. The number of thioether (sulfide) groups is 1. The third kappa shape index (κ3) is 4.81. The summed E-state index contributed by atoms with van der Waals surface area (Å²) in [7, 11) is 0. The lowest BCUT2D eigenvalue weighted by atomic mass is 10.1. The summed E-state index contributed by atoms with van der Waals surface area (Å²) in [5, 5.41) is 9.88. The first-order valence-corrected chi connectivity index (χ1v) is 9.53. The first-order valence-electron chi connectivity index (χ1n) is 8.55. The van der Waals surface area contributed by atoms with Crippen molar-refractivity contribution in [3.05, 3.63) is 82.6 Å². The van der Waals surface area contributed by atoms with Gasteiger partial charge in [-0.2, -0.15) is 0 Å². The standard InChI is InChI=1S/C20H18F3NO3S/c21-15-7-5-14(6-8-15)20(22,23)9-12-28-18-17(19(25)26)4-1-10-24(18)13-16-3-2-11-27-16/h1-8,11H,9-10,12-13H2,(H,25,26). The van der Waals surface area contributed by atoms with Crippen molar-refractivity contribution in [3.8, 4) is 0 Å². The zero-order chi connectivity index (χ0) is 20.1. The molecule has 8 heteroatoms. The molecule has 2 aromatic rings. The largest absolute Gasteiger partial charge is 0.478 e. The first kappa shape index (κ1) is 20.1. The maximum absolute atomic E-state index is 14.4. The number of furan rings is 1. The van der Waals surface area contributed by atoms with Gasteiger partial charge < -0.3 is 14.4 Å². The van der Waals surface area contributed by atoms with Crippen molar-refractivity contribution in [2.45, 2.75) is 18.9 Å². The van der Waals surface area contributed by atoms with E-state index in [-0.39, 0.29) is 16.9 Å². The van der Waals surface area contributed by atoms with Crippen molar-refractivity contribution in [2.24, 2.45) is 0 Å². The quantitative estimate of drug-likeness (QED) is 0.665.